The number of rotatable bonds is 7. The number of nitrogens with zero attached hydrogens (tertiary/aromatic N) is 3. The molecule has 0 aliphatic carbocycles. The summed E-state index contributed by atoms with van der Waals surface area (Å²) in [5.41, 5.74) is 3.87. The summed E-state index contributed by atoms with van der Waals surface area (Å²) in [4.78, 5) is 32.7. The Morgan fingerprint density at radius 2 is 1.88 bits per heavy atom. The molecular formula is C25H22F2N4O2. The van der Waals surface area contributed by atoms with Gasteiger partial charge in [0.2, 0.25) is 0 Å². The first-order valence-electron chi connectivity index (χ1n) is 10.4. The highest BCUT2D eigenvalue weighted by Gasteiger charge is 2.24. The molecule has 0 atom stereocenters. The third kappa shape index (κ3) is 4.95. The zero-order chi connectivity index (χ0) is 23.5. The molecule has 0 spiro atoms. The van der Waals surface area contributed by atoms with Gasteiger partial charge in [-0.2, -0.15) is 0 Å². The lowest BCUT2D eigenvalue weighted by Gasteiger charge is -2.10. The summed E-state index contributed by atoms with van der Waals surface area (Å²) in [5, 5.41) is 2.59. The third-order valence-electron chi connectivity index (χ3n) is 5.40. The molecule has 1 amide bonds. The Kier molecular flexibility index (Phi) is 6.26. The predicted molar refractivity (Wildman–Crippen MR) is 122 cm³/mol. The highest BCUT2D eigenvalue weighted by molar-refractivity contribution is 6.14. The predicted octanol–water partition coefficient (Wildman–Crippen LogP) is 4.60. The maximum absolute atomic E-state index is 14.5. The van der Waals surface area contributed by atoms with Crippen LogP contribution in [0.25, 0.3) is 11.3 Å². The fourth-order valence-electron chi connectivity index (χ4n) is 3.64. The molecule has 0 radical (unpaired) electrons. The van der Waals surface area contributed by atoms with Crippen LogP contribution in [0.2, 0.25) is 0 Å². The molecule has 2 heterocycles. The van der Waals surface area contributed by atoms with E-state index in [1.165, 1.54) is 37.4 Å². The van der Waals surface area contributed by atoms with E-state index in [1.807, 2.05) is 7.05 Å². The van der Waals surface area contributed by atoms with E-state index in [0.717, 1.165) is 11.3 Å². The number of imidazole rings is 1. The number of halogens is 2. The molecule has 0 bridgehead atoms. The molecule has 3 aromatic rings. The van der Waals surface area contributed by atoms with Crippen molar-refractivity contribution in [3.63, 3.8) is 0 Å². The summed E-state index contributed by atoms with van der Waals surface area (Å²) in [6.07, 6.45) is 4.14. The Morgan fingerprint density at radius 3 is 2.58 bits per heavy atom. The monoisotopic (exact) mass is 448 g/mol. The highest BCUT2D eigenvalue weighted by Crippen LogP contribution is 2.28. The van der Waals surface area contributed by atoms with E-state index >= 15 is 0 Å². The van der Waals surface area contributed by atoms with Crippen molar-refractivity contribution in [2.75, 3.05) is 5.32 Å². The molecule has 0 saturated heterocycles. The van der Waals surface area contributed by atoms with Crippen molar-refractivity contribution in [2.24, 2.45) is 12.0 Å². The zero-order valence-electron chi connectivity index (χ0n) is 18.2. The number of carbonyl (C=O) groups excluding carboxylic acids is 2. The zero-order valence-corrected chi connectivity index (χ0v) is 18.2. The molecule has 8 heteroatoms. The Bertz CT molecular complexity index is 1290. The average Bonchev–Trinajstić information content (AvgIpc) is 3.41. The molecule has 1 aliphatic rings. The number of amides is 1. The van der Waals surface area contributed by atoms with Crippen LogP contribution >= 0.6 is 0 Å². The van der Waals surface area contributed by atoms with Gasteiger partial charge in [-0.05, 0) is 55.3 Å². The van der Waals surface area contributed by atoms with Gasteiger partial charge in [0.05, 0.1) is 29.1 Å². The van der Waals surface area contributed by atoms with Gasteiger partial charge in [0.15, 0.2) is 0 Å². The maximum Gasteiger partial charge on any atom is 0.253 e. The van der Waals surface area contributed by atoms with Crippen LogP contribution in [0.4, 0.5) is 14.5 Å². The van der Waals surface area contributed by atoms with Gasteiger partial charge < -0.3 is 14.7 Å². The SMILES string of the molecule is CC(=O)CCc1ccc(NC(=O)C2=CN=C(c3c(-c4ccc(F)cc4)ncn3C)C2)c(F)c1. The second kappa shape index (κ2) is 9.28. The molecule has 0 fully saturated rings. The second-order valence-electron chi connectivity index (χ2n) is 7.94. The summed E-state index contributed by atoms with van der Waals surface area (Å²) in [6.45, 7) is 1.49. The molecule has 33 heavy (non-hydrogen) atoms. The Labute approximate surface area is 189 Å². The standard InChI is InChI=1S/C25H22F2N4O2/c1-15(32)3-4-16-5-10-21(20(27)11-16)30-25(33)18-12-22(28-13-18)24-23(29-14-31(24)2)17-6-8-19(26)9-7-17/h5-11,13-14H,3-4,12H2,1-2H3,(H,30,33). The Hall–Kier alpha value is -3.94. The number of carbonyl (C=O) groups is 2. The van der Waals surface area contributed by atoms with Gasteiger partial charge in [-0.15, -0.1) is 0 Å². The van der Waals surface area contributed by atoms with Gasteiger partial charge in [-0.25, -0.2) is 13.8 Å². The average molecular weight is 448 g/mol. The van der Waals surface area contributed by atoms with Crippen molar-refractivity contribution in [3.8, 4) is 11.3 Å². The number of Topliss-reactive ketones (excluding diaryl/α,β-unsaturated/α-hetero) is 1. The number of hydrogen-bond donors (Lipinski definition) is 1. The quantitative estimate of drug-likeness (QED) is 0.574. The largest absolute Gasteiger partial charge is 0.332 e. The lowest BCUT2D eigenvalue weighted by atomic mass is 10.0. The number of hydrogen-bond acceptors (Lipinski definition) is 4. The fourth-order valence-corrected chi connectivity index (χ4v) is 3.64. The van der Waals surface area contributed by atoms with Gasteiger partial charge in [-0.1, -0.05) is 6.07 Å². The van der Waals surface area contributed by atoms with Gasteiger partial charge >= 0.3 is 0 Å². The minimum Gasteiger partial charge on any atom is -0.332 e. The van der Waals surface area contributed by atoms with Gasteiger partial charge in [0.25, 0.3) is 5.91 Å². The topological polar surface area (TPSA) is 76.3 Å². The first-order valence-corrected chi connectivity index (χ1v) is 10.4. The van der Waals surface area contributed by atoms with Crippen LogP contribution < -0.4 is 5.32 Å². The summed E-state index contributed by atoms with van der Waals surface area (Å²) < 4.78 is 29.6. The molecule has 2 aromatic carbocycles. The van der Waals surface area contributed by atoms with Crippen molar-refractivity contribution in [1.29, 1.82) is 0 Å². The number of aliphatic imine (C=N–C) groups is 1. The molecule has 1 N–H and O–H groups in total. The van der Waals surface area contributed by atoms with E-state index in [1.54, 1.807) is 29.1 Å². The van der Waals surface area contributed by atoms with E-state index in [2.05, 4.69) is 15.3 Å². The van der Waals surface area contributed by atoms with Crippen LogP contribution in [0.3, 0.4) is 0 Å². The third-order valence-corrected chi connectivity index (χ3v) is 5.40. The molecular weight excluding hydrogens is 426 g/mol. The van der Waals surface area contributed by atoms with Crippen LogP contribution in [0.15, 0.2) is 65.6 Å². The van der Waals surface area contributed by atoms with Crippen molar-refractivity contribution < 1.29 is 18.4 Å². The molecule has 168 valence electrons. The van der Waals surface area contributed by atoms with Crippen LogP contribution in [-0.4, -0.2) is 27.0 Å². The molecule has 1 aromatic heterocycles. The van der Waals surface area contributed by atoms with E-state index in [0.29, 0.717) is 35.4 Å². The van der Waals surface area contributed by atoms with Gasteiger partial charge in [0, 0.05) is 37.2 Å². The second-order valence-corrected chi connectivity index (χ2v) is 7.94. The van der Waals surface area contributed by atoms with E-state index < -0.39 is 11.7 Å². The van der Waals surface area contributed by atoms with E-state index in [-0.39, 0.29) is 23.7 Å². The summed E-state index contributed by atoms with van der Waals surface area (Å²) in [6, 6.07) is 10.5. The van der Waals surface area contributed by atoms with Crippen LogP contribution in [-0.2, 0) is 23.1 Å². The molecule has 0 saturated carbocycles. The fraction of sp³-hybridized carbons (Fsp3) is 0.200. The van der Waals surface area contributed by atoms with Gasteiger partial charge in [0.1, 0.15) is 17.4 Å². The number of benzene rings is 2. The number of nitrogens with one attached hydrogen (secondary N) is 1. The highest BCUT2D eigenvalue weighted by atomic mass is 19.1. The Balaban J connectivity index is 1.45. The smallest absolute Gasteiger partial charge is 0.253 e. The normalized spacial score (nSPS) is 13.0. The minimum atomic E-state index is -0.561. The summed E-state index contributed by atoms with van der Waals surface area (Å²) in [5.74, 6) is -1.31. The van der Waals surface area contributed by atoms with Crippen molar-refractivity contribution in [1.82, 2.24) is 9.55 Å². The molecule has 0 unspecified atom stereocenters. The maximum atomic E-state index is 14.5. The number of aromatic nitrogens is 2. The lowest BCUT2D eigenvalue weighted by molar-refractivity contribution is -0.117. The summed E-state index contributed by atoms with van der Waals surface area (Å²) in [7, 11) is 1.82. The van der Waals surface area contributed by atoms with E-state index in [9.17, 15) is 18.4 Å². The minimum absolute atomic E-state index is 0.0350. The van der Waals surface area contributed by atoms with Crippen molar-refractivity contribution in [3.05, 3.63) is 83.5 Å². The number of anilines is 1. The van der Waals surface area contributed by atoms with E-state index in [4.69, 9.17) is 0 Å². The Morgan fingerprint density at radius 1 is 1.12 bits per heavy atom. The van der Waals surface area contributed by atoms with Crippen molar-refractivity contribution in [2.45, 2.75) is 26.2 Å². The number of aryl methyl sites for hydroxylation is 2. The van der Waals surface area contributed by atoms with Crippen LogP contribution in [0, 0.1) is 11.6 Å². The first-order chi connectivity index (χ1) is 15.8. The van der Waals surface area contributed by atoms with Crippen LogP contribution in [0.1, 0.15) is 31.0 Å². The molecule has 1 aliphatic heterocycles. The van der Waals surface area contributed by atoms with Gasteiger partial charge in [-0.3, -0.25) is 9.79 Å². The summed E-state index contributed by atoms with van der Waals surface area (Å²) >= 11 is 0. The molecule has 4 rings (SSSR count). The van der Waals surface area contributed by atoms with Crippen LogP contribution in [0.5, 0.6) is 0 Å². The first kappa shape index (κ1) is 22.3. The molecule has 6 nitrogen and oxygen atoms in total. The lowest BCUT2D eigenvalue weighted by Crippen LogP contribution is -2.17. The van der Waals surface area contributed by atoms with Crippen molar-refractivity contribution >= 4 is 23.1 Å². The number of ketones is 1.